The van der Waals surface area contributed by atoms with Gasteiger partial charge in [0.15, 0.2) is 0 Å². The van der Waals surface area contributed by atoms with Crippen molar-refractivity contribution in [1.82, 2.24) is 9.44 Å². The van der Waals surface area contributed by atoms with Gasteiger partial charge < -0.3 is 5.73 Å². The molecular weight excluding hydrogens is 395 g/mol. The van der Waals surface area contributed by atoms with E-state index in [9.17, 15) is 30.0 Å². The van der Waals surface area contributed by atoms with E-state index < -0.39 is 37.7 Å². The minimum absolute atomic E-state index is 0. The first-order valence-corrected chi connectivity index (χ1v) is 9.31. The van der Waals surface area contributed by atoms with Crippen molar-refractivity contribution in [2.45, 2.75) is 22.4 Å². The van der Waals surface area contributed by atoms with Gasteiger partial charge in [-0.05, 0) is 37.2 Å². The van der Waals surface area contributed by atoms with Crippen LogP contribution in [0.25, 0.3) is 0 Å². The first-order chi connectivity index (χ1) is 10.5. The summed E-state index contributed by atoms with van der Waals surface area (Å²) in [6.07, 6.45) is -4.27. The normalized spacial score (nSPS) is 12.7. The highest BCUT2D eigenvalue weighted by molar-refractivity contribution is 7.90. The molecule has 140 valence electrons. The maximum Gasteiger partial charge on any atom is 0.402 e. The third-order valence-electron chi connectivity index (χ3n) is 2.58. The van der Waals surface area contributed by atoms with Crippen LogP contribution in [-0.4, -0.2) is 42.6 Å². The predicted molar refractivity (Wildman–Crippen MR) is 83.8 cm³/mol. The van der Waals surface area contributed by atoms with Crippen molar-refractivity contribution in [2.75, 3.05) is 19.6 Å². The zero-order valence-electron chi connectivity index (χ0n) is 12.2. The van der Waals surface area contributed by atoms with Crippen LogP contribution >= 0.6 is 12.4 Å². The van der Waals surface area contributed by atoms with Crippen molar-refractivity contribution in [3.8, 4) is 0 Å². The van der Waals surface area contributed by atoms with Gasteiger partial charge in [0.2, 0.25) is 20.0 Å². The lowest BCUT2D eigenvalue weighted by Gasteiger charge is -2.10. The van der Waals surface area contributed by atoms with Gasteiger partial charge in [0.1, 0.15) is 6.54 Å². The van der Waals surface area contributed by atoms with Crippen molar-refractivity contribution in [3.05, 3.63) is 24.3 Å². The lowest BCUT2D eigenvalue weighted by molar-refractivity contribution is -0.121. The molecule has 0 aliphatic heterocycles. The van der Waals surface area contributed by atoms with Crippen LogP contribution in [0.5, 0.6) is 0 Å². The van der Waals surface area contributed by atoms with Crippen LogP contribution < -0.4 is 15.2 Å². The van der Waals surface area contributed by atoms with Crippen molar-refractivity contribution in [1.29, 1.82) is 0 Å². The molecule has 0 aliphatic rings. The third kappa shape index (κ3) is 7.32. The molecular formula is C11H17ClF3N3O4S2. The van der Waals surface area contributed by atoms with Crippen molar-refractivity contribution >= 4 is 32.5 Å². The van der Waals surface area contributed by atoms with E-state index in [1.807, 2.05) is 0 Å². The highest BCUT2D eigenvalue weighted by Crippen LogP contribution is 2.17. The van der Waals surface area contributed by atoms with E-state index in [0.717, 1.165) is 24.3 Å². The van der Waals surface area contributed by atoms with Crippen molar-refractivity contribution < 1.29 is 30.0 Å². The molecule has 0 aliphatic carbocycles. The van der Waals surface area contributed by atoms with Crippen LogP contribution in [0, 0.1) is 0 Å². The Balaban J connectivity index is 0.00000529. The zero-order valence-corrected chi connectivity index (χ0v) is 14.7. The summed E-state index contributed by atoms with van der Waals surface area (Å²) in [6.45, 7) is -1.30. The second kappa shape index (κ2) is 8.97. The van der Waals surface area contributed by atoms with Crippen LogP contribution in [0.4, 0.5) is 13.2 Å². The van der Waals surface area contributed by atoms with Crippen LogP contribution in [0.15, 0.2) is 34.1 Å². The molecule has 0 unspecified atom stereocenters. The summed E-state index contributed by atoms with van der Waals surface area (Å²) in [4.78, 5) is -0.674. The van der Waals surface area contributed by atoms with Crippen LogP contribution in [0.3, 0.4) is 0 Å². The summed E-state index contributed by atoms with van der Waals surface area (Å²) in [7, 11) is -8.21. The summed E-state index contributed by atoms with van der Waals surface area (Å²) in [5, 5.41) is 0. The Morgan fingerprint density at radius 2 is 1.33 bits per heavy atom. The largest absolute Gasteiger partial charge is 0.402 e. The first kappa shape index (κ1) is 23.1. The summed E-state index contributed by atoms with van der Waals surface area (Å²) in [5.74, 6) is 0. The second-order valence-electron chi connectivity index (χ2n) is 4.45. The molecule has 0 radical (unpaired) electrons. The van der Waals surface area contributed by atoms with Crippen LogP contribution in [0.2, 0.25) is 0 Å². The molecule has 4 N–H and O–H groups in total. The molecule has 7 nitrogen and oxygen atoms in total. The summed E-state index contributed by atoms with van der Waals surface area (Å²) >= 11 is 0. The standard InChI is InChI=1S/C11H16F3N3O4S2.ClH/c12-11(13,14)8-17-23(20,21)10-4-2-9(3-5-10)22(18,19)16-7-1-6-15;/h2-5,16-17H,1,6-8,15H2;1H. The first-order valence-electron chi connectivity index (χ1n) is 6.34. The van der Waals surface area contributed by atoms with Gasteiger partial charge in [0.05, 0.1) is 9.79 Å². The number of halogens is 4. The molecule has 1 aromatic carbocycles. The lowest BCUT2D eigenvalue weighted by Crippen LogP contribution is -2.33. The molecule has 1 aromatic rings. The van der Waals surface area contributed by atoms with Gasteiger partial charge >= 0.3 is 6.18 Å². The average molecular weight is 412 g/mol. The van der Waals surface area contributed by atoms with Gasteiger partial charge in [0, 0.05) is 6.54 Å². The molecule has 0 heterocycles. The minimum Gasteiger partial charge on any atom is -0.330 e. The maximum absolute atomic E-state index is 12.0. The minimum atomic E-state index is -4.69. The number of sulfonamides is 2. The molecule has 0 saturated carbocycles. The number of nitrogens with one attached hydrogen (secondary N) is 2. The number of benzene rings is 1. The van der Waals surface area contributed by atoms with E-state index in [2.05, 4.69) is 4.72 Å². The average Bonchev–Trinajstić information content (AvgIpc) is 2.45. The predicted octanol–water partition coefficient (Wildman–Crippen LogP) is 0.576. The van der Waals surface area contributed by atoms with Crippen molar-refractivity contribution in [3.63, 3.8) is 0 Å². The Bertz CT molecular complexity index is 722. The molecule has 24 heavy (non-hydrogen) atoms. The highest BCUT2D eigenvalue weighted by atomic mass is 35.5. The fourth-order valence-corrected chi connectivity index (χ4v) is 3.54. The monoisotopic (exact) mass is 411 g/mol. The molecule has 0 saturated heterocycles. The van der Waals surface area contributed by atoms with E-state index in [-0.39, 0.29) is 23.8 Å². The number of nitrogens with two attached hydrogens (primary N) is 1. The van der Waals surface area contributed by atoms with Gasteiger partial charge in [0.25, 0.3) is 0 Å². The van der Waals surface area contributed by atoms with E-state index in [1.165, 1.54) is 4.72 Å². The second-order valence-corrected chi connectivity index (χ2v) is 7.99. The Kier molecular flexibility index (Phi) is 8.62. The molecule has 0 fully saturated rings. The maximum atomic E-state index is 12.0. The summed E-state index contributed by atoms with van der Waals surface area (Å²) < 4.78 is 86.8. The van der Waals surface area contributed by atoms with E-state index in [0.29, 0.717) is 13.0 Å². The Morgan fingerprint density at radius 3 is 1.71 bits per heavy atom. The zero-order chi connectivity index (χ0) is 17.7. The Morgan fingerprint density at radius 1 is 0.917 bits per heavy atom. The quantitative estimate of drug-likeness (QED) is 0.540. The molecule has 0 spiro atoms. The molecule has 1 rings (SSSR count). The van der Waals surface area contributed by atoms with E-state index in [1.54, 1.807) is 0 Å². The smallest absolute Gasteiger partial charge is 0.330 e. The van der Waals surface area contributed by atoms with Crippen LogP contribution in [-0.2, 0) is 20.0 Å². The number of rotatable bonds is 8. The molecule has 0 aromatic heterocycles. The van der Waals surface area contributed by atoms with Crippen LogP contribution in [0.1, 0.15) is 6.42 Å². The third-order valence-corrected chi connectivity index (χ3v) is 5.47. The SMILES string of the molecule is Cl.NCCCNS(=O)(=O)c1ccc(S(=O)(=O)NCC(F)(F)F)cc1. The fourth-order valence-electron chi connectivity index (χ4n) is 1.45. The van der Waals surface area contributed by atoms with E-state index >= 15 is 0 Å². The number of hydrogen-bond donors (Lipinski definition) is 3. The summed E-state index contributed by atoms with van der Waals surface area (Å²) in [5.41, 5.74) is 5.23. The van der Waals surface area contributed by atoms with Gasteiger partial charge in [-0.2, -0.15) is 13.2 Å². The molecule has 0 bridgehead atoms. The number of hydrogen-bond acceptors (Lipinski definition) is 5. The van der Waals surface area contributed by atoms with Gasteiger partial charge in [-0.3, -0.25) is 0 Å². The van der Waals surface area contributed by atoms with Crippen molar-refractivity contribution in [2.24, 2.45) is 5.73 Å². The lowest BCUT2D eigenvalue weighted by atomic mass is 10.4. The summed E-state index contributed by atoms with van der Waals surface area (Å²) in [6, 6.07) is 3.81. The van der Waals surface area contributed by atoms with E-state index in [4.69, 9.17) is 5.73 Å². The highest BCUT2D eigenvalue weighted by Gasteiger charge is 2.30. The Hall–Kier alpha value is -0.920. The molecule has 0 atom stereocenters. The molecule has 0 amide bonds. The molecule has 13 heteroatoms. The topological polar surface area (TPSA) is 118 Å². The number of alkyl halides is 3. The van der Waals surface area contributed by atoms with Gasteiger partial charge in [-0.15, -0.1) is 12.4 Å². The van der Waals surface area contributed by atoms with Gasteiger partial charge in [-0.1, -0.05) is 0 Å². The van der Waals surface area contributed by atoms with Gasteiger partial charge in [-0.25, -0.2) is 26.3 Å². The Labute approximate surface area is 144 Å². The fraction of sp³-hybridized carbons (Fsp3) is 0.455.